The number of hydrogen-bond acceptors (Lipinski definition) is 3. The molecule has 0 bridgehead atoms. The Morgan fingerprint density at radius 3 is 2.44 bits per heavy atom. The van der Waals surface area contributed by atoms with E-state index in [0.29, 0.717) is 0 Å². The van der Waals surface area contributed by atoms with Crippen LogP contribution in [0.2, 0.25) is 15.1 Å². The van der Waals surface area contributed by atoms with Gasteiger partial charge in [0.2, 0.25) is 0 Å². The Bertz CT molecular complexity index is 443. The molecule has 0 unspecified atom stereocenters. The first-order valence-corrected chi connectivity index (χ1v) is 5.46. The Morgan fingerprint density at radius 2 is 1.88 bits per heavy atom. The van der Waals surface area contributed by atoms with Gasteiger partial charge < -0.3 is 4.74 Å². The van der Waals surface area contributed by atoms with Crippen molar-refractivity contribution in [3.05, 3.63) is 32.8 Å². The van der Waals surface area contributed by atoms with Crippen LogP contribution in [0.1, 0.15) is 17.3 Å². The molecule has 16 heavy (non-hydrogen) atoms. The minimum atomic E-state index is -0.984. The van der Waals surface area contributed by atoms with E-state index in [0.717, 1.165) is 0 Å². The molecule has 1 aromatic carbocycles. The maximum atomic E-state index is 11.6. The molecule has 0 saturated heterocycles. The SMILES string of the molecule is CCOC(=O)C(=O)c1cc(Cl)cc(Cl)c1Cl. The van der Waals surface area contributed by atoms with Gasteiger partial charge in [0, 0.05) is 5.02 Å². The van der Waals surface area contributed by atoms with Gasteiger partial charge in [-0.2, -0.15) is 0 Å². The maximum Gasteiger partial charge on any atom is 0.379 e. The molecule has 0 N–H and O–H groups in total. The van der Waals surface area contributed by atoms with Crippen LogP contribution in [0.15, 0.2) is 12.1 Å². The van der Waals surface area contributed by atoms with Crippen LogP contribution in [-0.2, 0) is 9.53 Å². The number of benzene rings is 1. The summed E-state index contributed by atoms with van der Waals surface area (Å²) in [7, 11) is 0. The van der Waals surface area contributed by atoms with Gasteiger partial charge in [-0.15, -0.1) is 0 Å². The molecule has 0 saturated carbocycles. The minimum absolute atomic E-state index is 0.0101. The molecule has 0 atom stereocenters. The van der Waals surface area contributed by atoms with Crippen molar-refractivity contribution in [1.29, 1.82) is 0 Å². The van der Waals surface area contributed by atoms with E-state index in [1.807, 2.05) is 0 Å². The van der Waals surface area contributed by atoms with E-state index in [1.54, 1.807) is 6.92 Å². The summed E-state index contributed by atoms with van der Waals surface area (Å²) in [5, 5.41) is 0.327. The van der Waals surface area contributed by atoms with Crippen molar-refractivity contribution in [3.63, 3.8) is 0 Å². The average Bonchev–Trinajstić information content (AvgIpc) is 2.22. The van der Waals surface area contributed by atoms with Gasteiger partial charge >= 0.3 is 5.97 Å². The van der Waals surface area contributed by atoms with Gasteiger partial charge in [0.25, 0.3) is 5.78 Å². The Hall–Kier alpha value is -0.770. The Morgan fingerprint density at radius 1 is 1.25 bits per heavy atom. The van der Waals surface area contributed by atoms with Gasteiger partial charge in [-0.3, -0.25) is 4.79 Å². The summed E-state index contributed by atoms with van der Waals surface area (Å²) < 4.78 is 4.56. The number of carbonyl (C=O) groups excluding carboxylic acids is 2. The van der Waals surface area contributed by atoms with Crippen molar-refractivity contribution in [1.82, 2.24) is 0 Å². The highest BCUT2D eigenvalue weighted by Gasteiger charge is 2.22. The van der Waals surface area contributed by atoms with Gasteiger partial charge in [-0.1, -0.05) is 34.8 Å². The molecule has 0 fully saturated rings. The van der Waals surface area contributed by atoms with Crippen LogP contribution in [0.5, 0.6) is 0 Å². The van der Waals surface area contributed by atoms with E-state index in [1.165, 1.54) is 12.1 Å². The lowest BCUT2D eigenvalue weighted by atomic mass is 10.1. The molecule has 0 amide bonds. The molecule has 1 aromatic rings. The zero-order valence-corrected chi connectivity index (χ0v) is 10.5. The molecule has 0 spiro atoms. The fraction of sp³-hybridized carbons (Fsp3) is 0.200. The second-order valence-corrected chi connectivity index (χ2v) is 4.02. The lowest BCUT2D eigenvalue weighted by Crippen LogP contribution is -2.18. The molecule has 0 aliphatic heterocycles. The quantitative estimate of drug-likeness (QED) is 0.369. The van der Waals surface area contributed by atoms with E-state index >= 15 is 0 Å². The fourth-order valence-corrected chi connectivity index (χ4v) is 1.72. The third-order valence-corrected chi connectivity index (χ3v) is 2.72. The lowest BCUT2D eigenvalue weighted by molar-refractivity contribution is -0.137. The van der Waals surface area contributed by atoms with E-state index in [-0.39, 0.29) is 27.2 Å². The van der Waals surface area contributed by atoms with Crippen molar-refractivity contribution in [2.24, 2.45) is 0 Å². The monoisotopic (exact) mass is 280 g/mol. The molecule has 0 aromatic heterocycles. The van der Waals surface area contributed by atoms with Crippen LogP contribution < -0.4 is 0 Å². The Kier molecular flexibility index (Phi) is 4.59. The third-order valence-electron chi connectivity index (χ3n) is 1.70. The zero-order valence-electron chi connectivity index (χ0n) is 8.22. The first kappa shape index (κ1) is 13.3. The summed E-state index contributed by atoms with van der Waals surface area (Å²) >= 11 is 17.2. The van der Waals surface area contributed by atoms with Gasteiger partial charge in [0.05, 0.1) is 22.2 Å². The predicted octanol–water partition coefficient (Wildman–Crippen LogP) is 3.39. The Labute approximate surface area is 107 Å². The highest BCUT2D eigenvalue weighted by Crippen LogP contribution is 2.30. The zero-order chi connectivity index (χ0) is 12.3. The summed E-state index contributed by atoms with van der Waals surface area (Å²) in [5.41, 5.74) is -0.0578. The summed E-state index contributed by atoms with van der Waals surface area (Å²) in [6, 6.07) is 2.66. The van der Waals surface area contributed by atoms with Crippen molar-refractivity contribution in [2.45, 2.75) is 6.92 Å². The normalized spacial score (nSPS) is 10.0. The second-order valence-electron chi connectivity index (χ2n) is 2.80. The third kappa shape index (κ3) is 2.88. The van der Waals surface area contributed by atoms with E-state index in [2.05, 4.69) is 4.74 Å². The smallest absolute Gasteiger partial charge is 0.379 e. The van der Waals surface area contributed by atoms with Gasteiger partial charge in [-0.25, -0.2) is 4.79 Å². The number of hydrogen-bond donors (Lipinski definition) is 0. The van der Waals surface area contributed by atoms with E-state index in [9.17, 15) is 9.59 Å². The predicted molar refractivity (Wildman–Crippen MR) is 62.4 cm³/mol. The number of ether oxygens (including phenoxy) is 1. The maximum absolute atomic E-state index is 11.6. The molecule has 0 heterocycles. The molecule has 86 valence electrons. The van der Waals surface area contributed by atoms with Gasteiger partial charge in [0.1, 0.15) is 0 Å². The molecule has 0 aliphatic carbocycles. The minimum Gasteiger partial charge on any atom is -0.460 e. The van der Waals surface area contributed by atoms with E-state index < -0.39 is 11.8 Å². The molecule has 6 heteroatoms. The first-order chi connectivity index (χ1) is 7.47. The summed E-state index contributed by atoms with van der Waals surface area (Å²) in [5.74, 6) is -1.85. The van der Waals surface area contributed by atoms with Crippen LogP contribution in [0.3, 0.4) is 0 Å². The van der Waals surface area contributed by atoms with Crippen molar-refractivity contribution in [2.75, 3.05) is 6.61 Å². The van der Waals surface area contributed by atoms with Crippen LogP contribution >= 0.6 is 34.8 Å². The summed E-state index contributed by atoms with van der Waals surface area (Å²) in [6.07, 6.45) is 0. The van der Waals surface area contributed by atoms with Gasteiger partial charge in [0.15, 0.2) is 0 Å². The molecule has 3 nitrogen and oxygen atoms in total. The van der Waals surface area contributed by atoms with Crippen LogP contribution in [-0.4, -0.2) is 18.4 Å². The number of carbonyl (C=O) groups is 2. The number of ketones is 1. The second kappa shape index (κ2) is 5.53. The van der Waals surface area contributed by atoms with Crippen molar-refractivity contribution >= 4 is 46.6 Å². The van der Waals surface area contributed by atoms with Crippen molar-refractivity contribution < 1.29 is 14.3 Å². The van der Waals surface area contributed by atoms with Gasteiger partial charge in [-0.05, 0) is 19.1 Å². The largest absolute Gasteiger partial charge is 0.460 e. The van der Waals surface area contributed by atoms with Crippen LogP contribution in [0.4, 0.5) is 0 Å². The summed E-state index contributed by atoms with van der Waals surface area (Å²) in [4.78, 5) is 22.8. The van der Waals surface area contributed by atoms with Crippen LogP contribution in [0, 0.1) is 0 Å². The highest BCUT2D eigenvalue weighted by molar-refractivity contribution is 6.50. The number of halogens is 3. The molecule has 0 aliphatic rings. The van der Waals surface area contributed by atoms with E-state index in [4.69, 9.17) is 34.8 Å². The molecule has 1 rings (SSSR count). The first-order valence-electron chi connectivity index (χ1n) is 4.33. The molecule has 0 radical (unpaired) electrons. The topological polar surface area (TPSA) is 43.4 Å². The fourth-order valence-electron chi connectivity index (χ4n) is 1.03. The average molecular weight is 282 g/mol. The summed E-state index contributed by atoms with van der Waals surface area (Å²) in [6.45, 7) is 1.70. The number of Topliss-reactive ketones (excluding diaryl/α,β-unsaturated/α-hetero) is 1. The van der Waals surface area contributed by atoms with Crippen LogP contribution in [0.25, 0.3) is 0 Å². The number of rotatable bonds is 3. The molecular weight excluding hydrogens is 274 g/mol. The Balaban J connectivity index is 3.13. The van der Waals surface area contributed by atoms with Crippen molar-refractivity contribution in [3.8, 4) is 0 Å². The highest BCUT2D eigenvalue weighted by atomic mass is 35.5. The number of esters is 1. The molecular formula is C10H7Cl3O3. The lowest BCUT2D eigenvalue weighted by Gasteiger charge is -2.05. The standard InChI is InChI=1S/C10H7Cl3O3/c1-2-16-10(15)9(14)6-3-5(11)4-7(12)8(6)13/h3-4H,2H2,1H3.